The van der Waals surface area contributed by atoms with E-state index < -0.39 is 35.3 Å². The van der Waals surface area contributed by atoms with Crippen LogP contribution < -0.4 is 10.2 Å². The van der Waals surface area contributed by atoms with Gasteiger partial charge in [0, 0.05) is 48.4 Å². The van der Waals surface area contributed by atoms with Crippen LogP contribution in [-0.4, -0.2) is 60.4 Å². The summed E-state index contributed by atoms with van der Waals surface area (Å²) < 4.78 is 43.1. The summed E-state index contributed by atoms with van der Waals surface area (Å²) in [6.45, 7) is 1.51. The number of hydrogen-bond donors (Lipinski definition) is 2. The van der Waals surface area contributed by atoms with Gasteiger partial charge in [0.05, 0.1) is 41.6 Å². The van der Waals surface area contributed by atoms with Gasteiger partial charge in [-0.25, -0.2) is 28.1 Å². The Morgan fingerprint density at radius 1 is 1.13 bits per heavy atom. The highest BCUT2D eigenvalue weighted by atomic mass is 35.5. The molecule has 14 heteroatoms. The fourth-order valence-electron chi connectivity index (χ4n) is 3.90. The van der Waals surface area contributed by atoms with Crippen LogP contribution in [0.25, 0.3) is 11.3 Å². The third kappa shape index (κ3) is 5.02. The fourth-order valence-corrected chi connectivity index (χ4v) is 4.05. The lowest BCUT2D eigenvalue weighted by molar-refractivity contribution is 0.102. The molecule has 1 fully saturated rings. The fraction of sp³-hybridized carbons (Fsp3) is 0.250. The number of amides is 1. The molecule has 196 valence electrons. The van der Waals surface area contributed by atoms with E-state index >= 15 is 0 Å². The Morgan fingerprint density at radius 2 is 1.89 bits per heavy atom. The Balaban J connectivity index is 1.34. The Bertz CT molecular complexity index is 1460. The standard InChI is InChI=1S/C24H20ClF3N8O2/c25-16-3-2-15(22(27)28)20(21(16)26)17-9-29-10-18(34-17)23(38)33-14-8-32-36(11-14)19(12-37)13-6-30-24(31-7-13)35-4-1-5-35/h2-3,6-11,19,22,37H,1,4-5,12H2,(H,33,38). The molecular formula is C24H20ClF3N8O2. The molecule has 4 aromatic rings. The molecule has 1 atom stereocenters. The van der Waals surface area contributed by atoms with Crippen LogP contribution in [-0.2, 0) is 0 Å². The summed E-state index contributed by atoms with van der Waals surface area (Å²) >= 11 is 5.78. The molecule has 4 heterocycles. The van der Waals surface area contributed by atoms with Crippen molar-refractivity contribution in [3.05, 3.63) is 77.0 Å². The number of benzene rings is 1. The van der Waals surface area contributed by atoms with Gasteiger partial charge in [0.2, 0.25) is 5.95 Å². The molecule has 2 N–H and O–H groups in total. The van der Waals surface area contributed by atoms with Crippen LogP contribution >= 0.6 is 11.6 Å². The van der Waals surface area contributed by atoms with Crippen LogP contribution in [0, 0.1) is 5.82 Å². The summed E-state index contributed by atoms with van der Waals surface area (Å²) in [7, 11) is 0. The Kier molecular flexibility index (Phi) is 7.20. The Morgan fingerprint density at radius 3 is 2.55 bits per heavy atom. The molecule has 0 bridgehead atoms. The minimum absolute atomic E-state index is 0.247. The molecule has 0 spiro atoms. The summed E-state index contributed by atoms with van der Waals surface area (Å²) in [5, 5.41) is 16.4. The van der Waals surface area contributed by atoms with E-state index in [9.17, 15) is 23.1 Å². The van der Waals surface area contributed by atoms with Gasteiger partial charge in [-0.05, 0) is 12.5 Å². The van der Waals surface area contributed by atoms with E-state index in [0.717, 1.165) is 44.0 Å². The normalized spacial score (nSPS) is 13.9. The number of aromatic nitrogens is 6. The Labute approximate surface area is 219 Å². The van der Waals surface area contributed by atoms with Gasteiger partial charge in [0.25, 0.3) is 12.3 Å². The number of hydrogen-bond acceptors (Lipinski definition) is 8. The molecule has 1 aliphatic rings. The first-order valence-corrected chi connectivity index (χ1v) is 11.8. The smallest absolute Gasteiger partial charge is 0.275 e. The zero-order chi connectivity index (χ0) is 26.8. The molecule has 3 aromatic heterocycles. The van der Waals surface area contributed by atoms with Crippen molar-refractivity contribution in [3.8, 4) is 11.3 Å². The van der Waals surface area contributed by atoms with Crippen LogP contribution in [0.1, 0.15) is 40.5 Å². The summed E-state index contributed by atoms with van der Waals surface area (Å²) in [5.74, 6) is -1.20. The summed E-state index contributed by atoms with van der Waals surface area (Å²) in [6, 6.07) is 1.42. The number of anilines is 2. The Hall–Kier alpha value is -4.10. The number of nitrogens with zero attached hydrogens (tertiary/aromatic N) is 7. The van der Waals surface area contributed by atoms with Crippen molar-refractivity contribution >= 4 is 29.1 Å². The van der Waals surface area contributed by atoms with Crippen molar-refractivity contribution in [2.24, 2.45) is 0 Å². The van der Waals surface area contributed by atoms with Crippen molar-refractivity contribution in [2.45, 2.75) is 18.9 Å². The van der Waals surface area contributed by atoms with Gasteiger partial charge in [0.15, 0.2) is 5.82 Å². The molecule has 1 aromatic carbocycles. The third-order valence-electron chi connectivity index (χ3n) is 6.02. The molecule has 1 amide bonds. The molecule has 0 saturated carbocycles. The van der Waals surface area contributed by atoms with E-state index in [2.05, 4.69) is 30.4 Å². The molecule has 0 radical (unpaired) electrons. The topological polar surface area (TPSA) is 122 Å². The molecule has 1 aliphatic heterocycles. The van der Waals surface area contributed by atoms with Crippen LogP contribution in [0.3, 0.4) is 0 Å². The first-order valence-electron chi connectivity index (χ1n) is 11.5. The van der Waals surface area contributed by atoms with Crippen molar-refractivity contribution < 1.29 is 23.1 Å². The van der Waals surface area contributed by atoms with E-state index in [1.165, 1.54) is 17.1 Å². The van der Waals surface area contributed by atoms with E-state index in [1.807, 2.05) is 4.90 Å². The van der Waals surface area contributed by atoms with E-state index in [1.54, 1.807) is 12.4 Å². The molecular weight excluding hydrogens is 525 g/mol. The van der Waals surface area contributed by atoms with Gasteiger partial charge >= 0.3 is 0 Å². The number of aliphatic hydroxyl groups excluding tert-OH is 1. The molecule has 38 heavy (non-hydrogen) atoms. The average molecular weight is 545 g/mol. The molecule has 5 rings (SSSR count). The highest BCUT2D eigenvalue weighted by molar-refractivity contribution is 6.31. The van der Waals surface area contributed by atoms with Gasteiger partial charge in [-0.2, -0.15) is 5.10 Å². The van der Waals surface area contributed by atoms with Gasteiger partial charge in [-0.3, -0.25) is 14.5 Å². The van der Waals surface area contributed by atoms with E-state index in [-0.39, 0.29) is 28.7 Å². The maximum atomic E-state index is 14.6. The maximum absolute atomic E-state index is 14.6. The molecule has 10 nitrogen and oxygen atoms in total. The molecule has 1 unspecified atom stereocenters. The summed E-state index contributed by atoms with van der Waals surface area (Å²) in [5.41, 5.74) is -0.794. The lowest BCUT2D eigenvalue weighted by atomic mass is 10.0. The number of aliphatic hydroxyl groups is 1. The van der Waals surface area contributed by atoms with E-state index in [0.29, 0.717) is 11.5 Å². The summed E-state index contributed by atoms with van der Waals surface area (Å²) in [6.07, 6.45) is 6.35. The predicted molar refractivity (Wildman–Crippen MR) is 132 cm³/mol. The van der Waals surface area contributed by atoms with Crippen molar-refractivity contribution in [2.75, 3.05) is 29.9 Å². The predicted octanol–water partition coefficient (Wildman–Crippen LogP) is 3.90. The first kappa shape index (κ1) is 25.5. The van der Waals surface area contributed by atoms with Crippen LogP contribution in [0.4, 0.5) is 24.8 Å². The second-order valence-electron chi connectivity index (χ2n) is 8.43. The number of rotatable bonds is 8. The summed E-state index contributed by atoms with van der Waals surface area (Å²) in [4.78, 5) is 31.4. The maximum Gasteiger partial charge on any atom is 0.275 e. The highest BCUT2D eigenvalue weighted by Gasteiger charge is 2.23. The SMILES string of the molecule is O=C(Nc1cnn(C(CO)c2cnc(N3CCC3)nc2)c1)c1cncc(-c2c(C(F)F)ccc(Cl)c2F)n1. The number of halogens is 4. The van der Waals surface area contributed by atoms with Crippen LogP contribution in [0.15, 0.2) is 49.3 Å². The van der Waals surface area contributed by atoms with Crippen LogP contribution in [0.2, 0.25) is 5.02 Å². The zero-order valence-electron chi connectivity index (χ0n) is 19.6. The van der Waals surface area contributed by atoms with Crippen molar-refractivity contribution in [3.63, 3.8) is 0 Å². The second kappa shape index (κ2) is 10.7. The quantitative estimate of drug-likeness (QED) is 0.342. The first-order chi connectivity index (χ1) is 18.4. The number of carbonyl (C=O) groups is 1. The van der Waals surface area contributed by atoms with Gasteiger partial charge in [-0.15, -0.1) is 0 Å². The monoisotopic (exact) mass is 544 g/mol. The largest absolute Gasteiger partial charge is 0.394 e. The van der Waals surface area contributed by atoms with Gasteiger partial charge in [0.1, 0.15) is 11.7 Å². The van der Waals surface area contributed by atoms with Crippen molar-refractivity contribution in [1.29, 1.82) is 0 Å². The zero-order valence-corrected chi connectivity index (χ0v) is 20.4. The third-order valence-corrected chi connectivity index (χ3v) is 6.31. The minimum atomic E-state index is -3.00. The number of nitrogens with one attached hydrogen (secondary N) is 1. The molecule has 1 saturated heterocycles. The van der Waals surface area contributed by atoms with Gasteiger partial charge in [-0.1, -0.05) is 17.7 Å². The van der Waals surface area contributed by atoms with Gasteiger partial charge < -0.3 is 15.3 Å². The average Bonchev–Trinajstić information content (AvgIpc) is 3.33. The highest BCUT2D eigenvalue weighted by Crippen LogP contribution is 2.35. The molecule has 0 aliphatic carbocycles. The van der Waals surface area contributed by atoms with Crippen LogP contribution in [0.5, 0.6) is 0 Å². The van der Waals surface area contributed by atoms with Crippen molar-refractivity contribution in [1.82, 2.24) is 29.7 Å². The number of alkyl halides is 2. The number of carbonyl (C=O) groups excluding carboxylic acids is 1. The lowest BCUT2D eigenvalue weighted by Gasteiger charge is -2.30. The minimum Gasteiger partial charge on any atom is -0.394 e. The lowest BCUT2D eigenvalue weighted by Crippen LogP contribution is -2.38. The van der Waals surface area contributed by atoms with E-state index in [4.69, 9.17) is 11.6 Å². The second-order valence-corrected chi connectivity index (χ2v) is 8.84.